The summed E-state index contributed by atoms with van der Waals surface area (Å²) in [6.45, 7) is 1.46. The summed E-state index contributed by atoms with van der Waals surface area (Å²) < 4.78 is 0. The van der Waals surface area contributed by atoms with E-state index in [-0.39, 0.29) is 11.1 Å². The second-order valence-electron chi connectivity index (χ2n) is 3.15. The van der Waals surface area contributed by atoms with Gasteiger partial charge in [0.2, 0.25) is 5.91 Å². The lowest BCUT2D eigenvalue weighted by molar-refractivity contribution is 0.0688. The molecule has 0 aromatic heterocycles. The Balaban J connectivity index is 3.70. The van der Waals surface area contributed by atoms with Crippen molar-refractivity contribution in [1.82, 2.24) is 0 Å². The Bertz CT molecular complexity index is 492. The molecule has 0 unspecified atom stereocenters. The van der Waals surface area contributed by atoms with Crippen molar-refractivity contribution in [3.8, 4) is 0 Å². The first kappa shape index (κ1) is 11.7. The van der Waals surface area contributed by atoms with Crippen LogP contribution in [-0.4, -0.2) is 28.1 Å². The molecule has 0 spiro atoms. The van der Waals surface area contributed by atoms with Crippen molar-refractivity contribution >= 4 is 17.8 Å². The van der Waals surface area contributed by atoms with E-state index in [0.717, 1.165) is 6.07 Å². The lowest BCUT2D eigenvalue weighted by Gasteiger charge is -2.08. The second kappa shape index (κ2) is 4.01. The molecule has 0 aliphatic carbocycles. The van der Waals surface area contributed by atoms with Crippen LogP contribution in [0.5, 0.6) is 0 Å². The van der Waals surface area contributed by atoms with Crippen molar-refractivity contribution in [2.75, 3.05) is 0 Å². The molecule has 0 fully saturated rings. The standard InChI is InChI=1S/C10H9NO5/c1-4-2-3-5(9(13)14)7(8(11)12)6(4)10(15)16/h2-3H,1H3,(H2,11,12)(H,13,14)(H,15,16). The lowest BCUT2D eigenvalue weighted by atomic mass is 9.96. The predicted molar refractivity (Wildman–Crippen MR) is 53.6 cm³/mol. The summed E-state index contributed by atoms with van der Waals surface area (Å²) in [5.74, 6) is -3.84. The number of nitrogens with two attached hydrogens (primary N) is 1. The molecule has 0 atom stereocenters. The van der Waals surface area contributed by atoms with Gasteiger partial charge in [0.05, 0.1) is 16.7 Å². The Hall–Kier alpha value is -2.37. The van der Waals surface area contributed by atoms with Gasteiger partial charge in [0, 0.05) is 0 Å². The molecule has 84 valence electrons. The second-order valence-corrected chi connectivity index (χ2v) is 3.15. The number of carbonyl (C=O) groups is 3. The number of benzene rings is 1. The SMILES string of the molecule is Cc1ccc(C(=O)O)c(C(N)=O)c1C(=O)O. The van der Waals surface area contributed by atoms with Gasteiger partial charge in [0.15, 0.2) is 0 Å². The molecule has 0 saturated carbocycles. The summed E-state index contributed by atoms with van der Waals surface area (Å²) in [5.41, 5.74) is 4.03. The van der Waals surface area contributed by atoms with Crippen molar-refractivity contribution in [1.29, 1.82) is 0 Å². The summed E-state index contributed by atoms with van der Waals surface area (Å²) in [4.78, 5) is 32.8. The van der Waals surface area contributed by atoms with Crippen LogP contribution in [0.25, 0.3) is 0 Å². The number of carbonyl (C=O) groups excluding carboxylic acids is 1. The minimum absolute atomic E-state index is 0.284. The molecule has 0 heterocycles. The van der Waals surface area contributed by atoms with Gasteiger partial charge in [-0.3, -0.25) is 4.79 Å². The van der Waals surface area contributed by atoms with Crippen molar-refractivity contribution in [2.45, 2.75) is 6.92 Å². The van der Waals surface area contributed by atoms with Gasteiger partial charge in [-0.1, -0.05) is 6.07 Å². The van der Waals surface area contributed by atoms with Crippen molar-refractivity contribution in [2.24, 2.45) is 5.73 Å². The van der Waals surface area contributed by atoms with E-state index >= 15 is 0 Å². The van der Waals surface area contributed by atoms with E-state index in [9.17, 15) is 14.4 Å². The Labute approximate surface area is 90.3 Å². The van der Waals surface area contributed by atoms with Crippen LogP contribution in [0.1, 0.15) is 36.6 Å². The molecule has 1 amide bonds. The van der Waals surface area contributed by atoms with Gasteiger partial charge in [0.1, 0.15) is 0 Å². The summed E-state index contributed by atoms with van der Waals surface area (Å²) in [6.07, 6.45) is 0. The molecule has 1 aromatic carbocycles. The largest absolute Gasteiger partial charge is 0.478 e. The number of aryl methyl sites for hydroxylation is 1. The molecular weight excluding hydrogens is 214 g/mol. The Morgan fingerprint density at radius 2 is 1.62 bits per heavy atom. The zero-order valence-corrected chi connectivity index (χ0v) is 8.35. The summed E-state index contributed by atoms with van der Waals surface area (Å²) in [6, 6.07) is 2.48. The molecule has 4 N–H and O–H groups in total. The first-order valence-electron chi connectivity index (χ1n) is 4.26. The van der Waals surface area contributed by atoms with Gasteiger partial charge >= 0.3 is 11.9 Å². The third kappa shape index (κ3) is 1.85. The molecule has 1 aromatic rings. The quantitative estimate of drug-likeness (QED) is 0.689. The average molecular weight is 223 g/mol. The summed E-state index contributed by atoms with van der Waals surface area (Å²) in [7, 11) is 0. The van der Waals surface area contributed by atoms with Gasteiger partial charge in [-0.15, -0.1) is 0 Å². The van der Waals surface area contributed by atoms with Crippen LogP contribution in [0, 0.1) is 6.92 Å². The van der Waals surface area contributed by atoms with Gasteiger partial charge < -0.3 is 15.9 Å². The van der Waals surface area contributed by atoms with Gasteiger partial charge in [-0.25, -0.2) is 9.59 Å². The van der Waals surface area contributed by atoms with Gasteiger partial charge in [-0.05, 0) is 18.6 Å². The fourth-order valence-electron chi connectivity index (χ4n) is 1.42. The minimum Gasteiger partial charge on any atom is -0.478 e. The summed E-state index contributed by atoms with van der Waals surface area (Å²) >= 11 is 0. The molecule has 0 bridgehead atoms. The lowest BCUT2D eigenvalue weighted by Crippen LogP contribution is -2.21. The number of hydrogen-bond acceptors (Lipinski definition) is 3. The molecule has 0 radical (unpaired) electrons. The third-order valence-corrected chi connectivity index (χ3v) is 2.10. The van der Waals surface area contributed by atoms with Gasteiger partial charge in [-0.2, -0.15) is 0 Å². The van der Waals surface area contributed by atoms with E-state index in [1.165, 1.54) is 13.0 Å². The Morgan fingerprint density at radius 1 is 1.06 bits per heavy atom. The predicted octanol–water partition coefficient (Wildman–Crippen LogP) is 0.490. The van der Waals surface area contributed by atoms with Gasteiger partial charge in [0.25, 0.3) is 0 Å². The number of carboxylic acid groups (broad SMARTS) is 2. The highest BCUT2D eigenvalue weighted by Crippen LogP contribution is 2.19. The van der Waals surface area contributed by atoms with Crippen LogP contribution in [-0.2, 0) is 0 Å². The van der Waals surface area contributed by atoms with E-state index in [2.05, 4.69) is 0 Å². The molecule has 0 aliphatic rings. The molecule has 6 nitrogen and oxygen atoms in total. The number of aromatic carboxylic acids is 2. The number of primary amides is 1. The smallest absolute Gasteiger partial charge is 0.336 e. The molecular formula is C10H9NO5. The zero-order chi connectivity index (χ0) is 12.5. The molecule has 6 heteroatoms. The van der Waals surface area contributed by atoms with E-state index < -0.39 is 29.0 Å². The molecule has 0 aliphatic heterocycles. The van der Waals surface area contributed by atoms with Crippen molar-refractivity contribution in [3.05, 3.63) is 34.4 Å². The molecule has 0 saturated heterocycles. The minimum atomic E-state index is -1.39. The van der Waals surface area contributed by atoms with Crippen molar-refractivity contribution < 1.29 is 24.6 Å². The maximum Gasteiger partial charge on any atom is 0.336 e. The maximum absolute atomic E-state index is 11.1. The molecule has 1 rings (SSSR count). The summed E-state index contributed by atoms with van der Waals surface area (Å²) in [5, 5.41) is 17.7. The fraction of sp³-hybridized carbons (Fsp3) is 0.100. The third-order valence-electron chi connectivity index (χ3n) is 2.10. The number of rotatable bonds is 3. The van der Waals surface area contributed by atoms with Crippen molar-refractivity contribution in [3.63, 3.8) is 0 Å². The highest BCUT2D eigenvalue weighted by Gasteiger charge is 2.24. The van der Waals surface area contributed by atoms with Crippen LogP contribution in [0.2, 0.25) is 0 Å². The van der Waals surface area contributed by atoms with E-state index in [4.69, 9.17) is 15.9 Å². The normalized spacial score (nSPS) is 9.81. The zero-order valence-electron chi connectivity index (χ0n) is 8.35. The first-order chi connectivity index (χ1) is 7.36. The van der Waals surface area contributed by atoms with Crippen LogP contribution in [0.3, 0.4) is 0 Å². The van der Waals surface area contributed by atoms with E-state index in [0.29, 0.717) is 0 Å². The van der Waals surface area contributed by atoms with Crippen LogP contribution >= 0.6 is 0 Å². The average Bonchev–Trinajstić information content (AvgIpc) is 2.15. The van der Waals surface area contributed by atoms with Crippen LogP contribution in [0.15, 0.2) is 12.1 Å². The number of carboxylic acids is 2. The fourth-order valence-corrected chi connectivity index (χ4v) is 1.42. The highest BCUT2D eigenvalue weighted by atomic mass is 16.4. The number of hydrogen-bond donors (Lipinski definition) is 3. The Morgan fingerprint density at radius 3 is 2.00 bits per heavy atom. The van der Waals surface area contributed by atoms with E-state index in [1.807, 2.05) is 0 Å². The monoisotopic (exact) mass is 223 g/mol. The topological polar surface area (TPSA) is 118 Å². The Kier molecular flexibility index (Phi) is 2.94. The van der Waals surface area contributed by atoms with Crippen LogP contribution in [0.4, 0.5) is 0 Å². The first-order valence-corrected chi connectivity index (χ1v) is 4.26. The maximum atomic E-state index is 11.1. The molecule has 16 heavy (non-hydrogen) atoms. The number of amides is 1. The van der Waals surface area contributed by atoms with E-state index in [1.54, 1.807) is 0 Å². The highest BCUT2D eigenvalue weighted by molar-refractivity contribution is 6.11. The van der Waals surface area contributed by atoms with Crippen LogP contribution < -0.4 is 5.73 Å².